The Morgan fingerprint density at radius 2 is 1.74 bits per heavy atom. The monoisotopic (exact) mass is 262 g/mol. The summed E-state index contributed by atoms with van der Waals surface area (Å²) >= 11 is 0. The van der Waals surface area contributed by atoms with Crippen molar-refractivity contribution in [3.63, 3.8) is 0 Å². The molecule has 0 bridgehead atoms. The van der Waals surface area contributed by atoms with Crippen molar-refractivity contribution in [3.05, 3.63) is 34.9 Å². The summed E-state index contributed by atoms with van der Waals surface area (Å²) in [6, 6.07) is 6.87. The van der Waals surface area contributed by atoms with Crippen LogP contribution >= 0.6 is 0 Å². The van der Waals surface area contributed by atoms with Crippen molar-refractivity contribution in [2.24, 2.45) is 11.7 Å². The summed E-state index contributed by atoms with van der Waals surface area (Å²) in [6.45, 7) is 14.1. The lowest BCUT2D eigenvalue weighted by atomic mass is 9.94. The maximum atomic E-state index is 6.09. The van der Waals surface area contributed by atoms with Gasteiger partial charge in [0.15, 0.2) is 0 Å². The van der Waals surface area contributed by atoms with Crippen LogP contribution in [0.15, 0.2) is 18.2 Å². The molecule has 108 valence electrons. The van der Waals surface area contributed by atoms with Gasteiger partial charge in [0.2, 0.25) is 0 Å². The number of rotatable bonds is 7. The van der Waals surface area contributed by atoms with E-state index in [0.29, 0.717) is 12.6 Å². The Labute approximate surface area is 119 Å². The third kappa shape index (κ3) is 4.05. The molecule has 0 saturated carbocycles. The van der Waals surface area contributed by atoms with Gasteiger partial charge in [-0.25, -0.2) is 0 Å². The normalized spacial score (nSPS) is 14.7. The number of benzene rings is 1. The van der Waals surface area contributed by atoms with E-state index in [1.54, 1.807) is 0 Å². The van der Waals surface area contributed by atoms with Crippen LogP contribution in [-0.4, -0.2) is 24.5 Å². The van der Waals surface area contributed by atoms with Crippen LogP contribution < -0.4 is 5.73 Å². The zero-order chi connectivity index (χ0) is 14.4. The Kier molecular flexibility index (Phi) is 6.53. The fourth-order valence-electron chi connectivity index (χ4n) is 2.81. The van der Waals surface area contributed by atoms with E-state index < -0.39 is 0 Å². The minimum Gasteiger partial charge on any atom is -0.329 e. The maximum Gasteiger partial charge on any atom is 0.0475 e. The van der Waals surface area contributed by atoms with Gasteiger partial charge in [0, 0.05) is 19.1 Å². The molecule has 1 aromatic carbocycles. The summed E-state index contributed by atoms with van der Waals surface area (Å²) in [6.07, 6.45) is 1.22. The summed E-state index contributed by atoms with van der Waals surface area (Å²) < 4.78 is 0. The fraction of sp³-hybridized carbons (Fsp3) is 0.647. The van der Waals surface area contributed by atoms with E-state index in [4.69, 9.17) is 5.73 Å². The van der Waals surface area contributed by atoms with Gasteiger partial charge >= 0.3 is 0 Å². The van der Waals surface area contributed by atoms with Crippen LogP contribution in [0.2, 0.25) is 0 Å². The zero-order valence-electron chi connectivity index (χ0n) is 13.2. The molecule has 1 rings (SSSR count). The predicted octanol–water partition coefficient (Wildman–Crippen LogP) is 3.67. The minimum atomic E-state index is 0.347. The second kappa shape index (κ2) is 7.66. The third-order valence-electron chi connectivity index (χ3n) is 4.19. The quantitative estimate of drug-likeness (QED) is 0.812. The first kappa shape index (κ1) is 16.2. The molecule has 0 spiro atoms. The lowest BCUT2D eigenvalue weighted by Gasteiger charge is -2.34. The van der Waals surface area contributed by atoms with Crippen molar-refractivity contribution in [3.8, 4) is 0 Å². The highest BCUT2D eigenvalue weighted by atomic mass is 15.2. The number of hydrogen-bond acceptors (Lipinski definition) is 2. The lowest BCUT2D eigenvalue weighted by molar-refractivity contribution is 0.181. The molecule has 0 amide bonds. The second-order valence-corrected chi connectivity index (χ2v) is 5.66. The molecule has 1 aromatic rings. The van der Waals surface area contributed by atoms with Gasteiger partial charge in [-0.2, -0.15) is 0 Å². The first-order valence-corrected chi connectivity index (χ1v) is 7.55. The molecule has 0 aliphatic rings. The molecule has 0 aromatic heterocycles. The number of likely N-dealkylation sites (N-methyl/N-ethyl adjacent to an activating group) is 1. The molecule has 0 fully saturated rings. The van der Waals surface area contributed by atoms with Gasteiger partial charge in [0.05, 0.1) is 0 Å². The van der Waals surface area contributed by atoms with Crippen molar-refractivity contribution in [1.82, 2.24) is 4.90 Å². The van der Waals surface area contributed by atoms with E-state index >= 15 is 0 Å². The van der Waals surface area contributed by atoms with Crippen molar-refractivity contribution in [2.75, 3.05) is 19.6 Å². The van der Waals surface area contributed by atoms with E-state index in [2.05, 4.69) is 57.7 Å². The molecule has 0 heterocycles. The summed E-state index contributed by atoms with van der Waals surface area (Å²) in [5.74, 6) is 0.721. The van der Waals surface area contributed by atoms with Gasteiger partial charge in [0.25, 0.3) is 0 Å². The Bertz CT molecular complexity index is 367. The van der Waals surface area contributed by atoms with Gasteiger partial charge in [0.1, 0.15) is 0 Å². The molecule has 2 atom stereocenters. The van der Waals surface area contributed by atoms with Gasteiger partial charge in [-0.3, -0.25) is 4.90 Å². The number of nitrogens with zero attached hydrogens (tertiary/aromatic N) is 1. The molecule has 0 aliphatic carbocycles. The smallest absolute Gasteiger partial charge is 0.0475 e. The van der Waals surface area contributed by atoms with Crippen molar-refractivity contribution in [1.29, 1.82) is 0 Å². The maximum absolute atomic E-state index is 6.09. The van der Waals surface area contributed by atoms with Gasteiger partial charge in [-0.05, 0) is 43.0 Å². The average Bonchev–Trinajstić information content (AvgIpc) is 2.40. The molecule has 0 aliphatic heterocycles. The van der Waals surface area contributed by atoms with Crippen LogP contribution in [-0.2, 0) is 0 Å². The van der Waals surface area contributed by atoms with Crippen LogP contribution in [0.3, 0.4) is 0 Å². The molecule has 0 radical (unpaired) electrons. The van der Waals surface area contributed by atoms with Gasteiger partial charge < -0.3 is 5.73 Å². The molecule has 2 unspecified atom stereocenters. The van der Waals surface area contributed by atoms with Crippen LogP contribution in [0.1, 0.15) is 49.9 Å². The lowest BCUT2D eigenvalue weighted by Crippen LogP contribution is -2.37. The molecule has 0 saturated heterocycles. The first-order valence-electron chi connectivity index (χ1n) is 7.55. The van der Waals surface area contributed by atoms with E-state index in [1.807, 2.05) is 0 Å². The largest absolute Gasteiger partial charge is 0.329 e. The Morgan fingerprint density at radius 3 is 2.16 bits per heavy atom. The summed E-state index contributed by atoms with van der Waals surface area (Å²) in [7, 11) is 0. The van der Waals surface area contributed by atoms with Crippen LogP contribution in [0.5, 0.6) is 0 Å². The first-order chi connectivity index (χ1) is 9.04. The van der Waals surface area contributed by atoms with E-state index in [-0.39, 0.29) is 0 Å². The third-order valence-corrected chi connectivity index (χ3v) is 4.19. The van der Waals surface area contributed by atoms with Gasteiger partial charge in [-0.1, -0.05) is 45.4 Å². The zero-order valence-corrected chi connectivity index (χ0v) is 13.2. The number of hydrogen-bond donors (Lipinski definition) is 1. The van der Waals surface area contributed by atoms with Crippen LogP contribution in [0.25, 0.3) is 0 Å². The minimum absolute atomic E-state index is 0.347. The van der Waals surface area contributed by atoms with Crippen molar-refractivity contribution < 1.29 is 0 Å². The van der Waals surface area contributed by atoms with Crippen LogP contribution in [0, 0.1) is 19.8 Å². The average molecular weight is 262 g/mol. The standard InChI is InChI=1S/C17H30N2/c1-6-13(3)12-19(7-2)16(11-18)17-14(4)9-8-10-15(17)5/h8-10,13,16H,6-7,11-12,18H2,1-5H3. The number of nitrogens with two attached hydrogens (primary N) is 1. The van der Waals surface area contributed by atoms with Crippen LogP contribution in [0.4, 0.5) is 0 Å². The Hall–Kier alpha value is -0.860. The summed E-state index contributed by atoms with van der Waals surface area (Å²) in [5.41, 5.74) is 10.2. The summed E-state index contributed by atoms with van der Waals surface area (Å²) in [5, 5.41) is 0. The van der Waals surface area contributed by atoms with Crippen molar-refractivity contribution in [2.45, 2.75) is 47.1 Å². The Morgan fingerprint density at radius 1 is 1.16 bits per heavy atom. The SMILES string of the molecule is CCC(C)CN(CC)C(CN)c1c(C)cccc1C. The highest BCUT2D eigenvalue weighted by molar-refractivity contribution is 5.36. The molecule has 2 heteroatoms. The number of aryl methyl sites for hydroxylation is 2. The molecule has 19 heavy (non-hydrogen) atoms. The molecule has 2 nitrogen and oxygen atoms in total. The van der Waals surface area contributed by atoms with Crippen molar-refractivity contribution >= 4 is 0 Å². The molecule has 2 N–H and O–H groups in total. The summed E-state index contributed by atoms with van der Waals surface area (Å²) in [4.78, 5) is 2.53. The second-order valence-electron chi connectivity index (χ2n) is 5.66. The van der Waals surface area contributed by atoms with E-state index in [0.717, 1.165) is 19.0 Å². The topological polar surface area (TPSA) is 29.3 Å². The molecular weight excluding hydrogens is 232 g/mol. The van der Waals surface area contributed by atoms with E-state index in [1.165, 1.54) is 23.1 Å². The Balaban J connectivity index is 3.03. The highest BCUT2D eigenvalue weighted by Gasteiger charge is 2.22. The predicted molar refractivity (Wildman–Crippen MR) is 84.4 cm³/mol. The fourth-order valence-corrected chi connectivity index (χ4v) is 2.81. The molecular formula is C17H30N2. The highest BCUT2D eigenvalue weighted by Crippen LogP contribution is 2.27. The van der Waals surface area contributed by atoms with Gasteiger partial charge in [-0.15, -0.1) is 0 Å². The van der Waals surface area contributed by atoms with E-state index in [9.17, 15) is 0 Å².